The minimum absolute atomic E-state index is 0.0195. The molecule has 7 nitrogen and oxygen atoms in total. The van der Waals surface area contributed by atoms with Gasteiger partial charge in [0.2, 0.25) is 0 Å². The highest BCUT2D eigenvalue weighted by Gasteiger charge is 2.44. The van der Waals surface area contributed by atoms with Crippen LogP contribution < -0.4 is 5.32 Å². The molecule has 1 aliphatic rings. The third-order valence-corrected chi connectivity index (χ3v) is 5.05. The predicted octanol–water partition coefficient (Wildman–Crippen LogP) is 3.31. The number of hydrogen-bond acceptors (Lipinski definition) is 4. The third kappa shape index (κ3) is 3.84. The van der Waals surface area contributed by atoms with E-state index >= 15 is 0 Å². The van der Waals surface area contributed by atoms with Gasteiger partial charge in [-0.05, 0) is 36.3 Å². The minimum atomic E-state index is -1.25. The van der Waals surface area contributed by atoms with Crippen molar-refractivity contribution in [1.29, 1.82) is 0 Å². The minimum Gasteiger partial charge on any atom is -0.336 e. The van der Waals surface area contributed by atoms with Gasteiger partial charge in [0.15, 0.2) is 0 Å². The molecule has 0 saturated carbocycles. The van der Waals surface area contributed by atoms with Crippen molar-refractivity contribution < 1.29 is 18.9 Å². The highest BCUT2D eigenvalue weighted by atomic mass is 19.1. The number of likely N-dealkylation sites (N-methyl/N-ethyl adjacent to an activating group) is 1. The number of nitro groups is 1. The number of piperazine rings is 1. The Kier molecular flexibility index (Phi) is 5.51. The SMILES string of the molecule is C=Cc1cccc([N+](=O)[O-])c1/C=C1\C(=O)NC(C)(Cc2ccc(F)cc2)C(=O)N1C. The van der Waals surface area contributed by atoms with Crippen LogP contribution in [-0.2, 0) is 16.0 Å². The Labute approximate surface area is 172 Å². The summed E-state index contributed by atoms with van der Waals surface area (Å²) in [6.45, 7) is 5.24. The Morgan fingerprint density at radius 1 is 1.23 bits per heavy atom. The fourth-order valence-corrected chi connectivity index (χ4v) is 3.49. The molecular formula is C22H20FN3O4. The van der Waals surface area contributed by atoms with Crippen LogP contribution in [0.3, 0.4) is 0 Å². The Bertz CT molecular complexity index is 1080. The number of amides is 2. The van der Waals surface area contributed by atoms with Crippen molar-refractivity contribution in [3.05, 3.63) is 87.4 Å². The van der Waals surface area contributed by atoms with Crippen LogP contribution >= 0.6 is 0 Å². The summed E-state index contributed by atoms with van der Waals surface area (Å²) in [7, 11) is 1.44. The molecule has 0 spiro atoms. The quantitative estimate of drug-likeness (QED) is 0.466. The lowest BCUT2D eigenvalue weighted by molar-refractivity contribution is -0.385. The molecule has 2 aromatic carbocycles. The van der Waals surface area contributed by atoms with Gasteiger partial charge in [-0.15, -0.1) is 0 Å². The number of nitro benzene ring substituents is 1. The summed E-state index contributed by atoms with van der Waals surface area (Å²) in [6, 6.07) is 10.1. The van der Waals surface area contributed by atoms with E-state index in [1.807, 2.05) is 0 Å². The molecule has 1 atom stereocenters. The first-order valence-electron chi connectivity index (χ1n) is 9.13. The van der Waals surface area contributed by atoms with Gasteiger partial charge in [0.05, 0.1) is 10.5 Å². The van der Waals surface area contributed by atoms with Crippen molar-refractivity contribution in [2.45, 2.75) is 18.9 Å². The zero-order valence-corrected chi connectivity index (χ0v) is 16.5. The number of hydrogen-bond donors (Lipinski definition) is 1. The van der Waals surface area contributed by atoms with E-state index in [0.717, 1.165) is 0 Å². The lowest BCUT2D eigenvalue weighted by Crippen LogP contribution is -2.64. The largest absolute Gasteiger partial charge is 0.336 e. The summed E-state index contributed by atoms with van der Waals surface area (Å²) in [6.07, 6.45) is 2.93. The van der Waals surface area contributed by atoms with Crippen LogP contribution in [0, 0.1) is 15.9 Å². The van der Waals surface area contributed by atoms with Gasteiger partial charge < -0.3 is 10.2 Å². The van der Waals surface area contributed by atoms with Crippen molar-refractivity contribution in [2.75, 3.05) is 7.05 Å². The highest BCUT2D eigenvalue weighted by Crippen LogP contribution is 2.29. The van der Waals surface area contributed by atoms with E-state index in [0.29, 0.717) is 11.1 Å². The molecule has 154 valence electrons. The number of nitrogens with one attached hydrogen (secondary N) is 1. The van der Waals surface area contributed by atoms with Gasteiger partial charge in [-0.2, -0.15) is 0 Å². The monoisotopic (exact) mass is 409 g/mol. The normalized spacial score (nSPS) is 20.2. The van der Waals surface area contributed by atoms with Crippen LogP contribution in [0.25, 0.3) is 12.2 Å². The van der Waals surface area contributed by atoms with Crippen LogP contribution in [0.1, 0.15) is 23.6 Å². The van der Waals surface area contributed by atoms with Crippen LogP contribution in [0.15, 0.2) is 54.7 Å². The maximum atomic E-state index is 13.2. The average Bonchev–Trinajstić information content (AvgIpc) is 2.71. The first-order chi connectivity index (χ1) is 14.2. The fraction of sp³-hybridized carbons (Fsp3) is 0.182. The maximum absolute atomic E-state index is 13.2. The predicted molar refractivity (Wildman–Crippen MR) is 111 cm³/mol. The smallest absolute Gasteiger partial charge is 0.277 e. The summed E-state index contributed by atoms with van der Waals surface area (Å²) >= 11 is 0. The van der Waals surface area contributed by atoms with E-state index in [-0.39, 0.29) is 23.4 Å². The van der Waals surface area contributed by atoms with Gasteiger partial charge in [0, 0.05) is 19.5 Å². The summed E-state index contributed by atoms with van der Waals surface area (Å²) in [5.74, 6) is -1.33. The molecule has 0 aromatic heterocycles. The summed E-state index contributed by atoms with van der Waals surface area (Å²) < 4.78 is 13.2. The molecule has 1 aliphatic heterocycles. The van der Waals surface area contributed by atoms with Gasteiger partial charge in [-0.3, -0.25) is 19.7 Å². The summed E-state index contributed by atoms with van der Waals surface area (Å²) in [4.78, 5) is 38.0. The van der Waals surface area contributed by atoms with Crippen molar-refractivity contribution in [3.63, 3.8) is 0 Å². The van der Waals surface area contributed by atoms with Gasteiger partial charge in [0.25, 0.3) is 17.5 Å². The molecule has 8 heteroatoms. The molecule has 3 rings (SSSR count). The Morgan fingerprint density at radius 2 is 1.90 bits per heavy atom. The lowest BCUT2D eigenvalue weighted by atomic mass is 9.88. The second-order valence-corrected chi connectivity index (χ2v) is 7.22. The molecule has 2 amide bonds. The number of nitrogens with zero attached hydrogens (tertiary/aromatic N) is 2. The molecule has 1 N–H and O–H groups in total. The molecule has 0 aliphatic carbocycles. The standard InChI is InChI=1S/C22H20FN3O4/c1-4-15-6-5-7-18(26(29)30)17(15)12-19-20(27)24-22(2,21(28)25(19)3)13-14-8-10-16(23)11-9-14/h4-12H,1,13H2,2-3H3,(H,24,27)/b19-12+. The molecule has 0 bridgehead atoms. The number of rotatable bonds is 5. The zero-order valence-electron chi connectivity index (χ0n) is 16.5. The van der Waals surface area contributed by atoms with Crippen molar-refractivity contribution in [3.8, 4) is 0 Å². The highest BCUT2D eigenvalue weighted by molar-refractivity contribution is 6.09. The van der Waals surface area contributed by atoms with Crippen molar-refractivity contribution in [1.82, 2.24) is 10.2 Å². The van der Waals surface area contributed by atoms with E-state index in [1.54, 1.807) is 25.1 Å². The first kappa shape index (κ1) is 20.9. The fourth-order valence-electron chi connectivity index (χ4n) is 3.49. The van der Waals surface area contributed by atoms with Crippen LogP contribution in [0.5, 0.6) is 0 Å². The Morgan fingerprint density at radius 3 is 2.50 bits per heavy atom. The molecule has 2 aromatic rings. The number of benzene rings is 2. The summed E-state index contributed by atoms with van der Waals surface area (Å²) in [5.41, 5.74) is -0.136. The molecular weight excluding hydrogens is 389 g/mol. The molecule has 1 saturated heterocycles. The zero-order chi connectivity index (χ0) is 22.1. The van der Waals surface area contributed by atoms with E-state index < -0.39 is 28.1 Å². The van der Waals surface area contributed by atoms with Crippen LogP contribution in [0.4, 0.5) is 10.1 Å². The second-order valence-electron chi connectivity index (χ2n) is 7.22. The van der Waals surface area contributed by atoms with E-state index in [1.165, 1.54) is 48.4 Å². The van der Waals surface area contributed by atoms with Crippen LogP contribution in [0.2, 0.25) is 0 Å². The van der Waals surface area contributed by atoms with Gasteiger partial charge >= 0.3 is 0 Å². The third-order valence-electron chi connectivity index (χ3n) is 5.05. The number of halogens is 1. The van der Waals surface area contributed by atoms with Crippen molar-refractivity contribution in [2.24, 2.45) is 0 Å². The first-order valence-corrected chi connectivity index (χ1v) is 9.13. The lowest BCUT2D eigenvalue weighted by Gasteiger charge is -2.39. The maximum Gasteiger partial charge on any atom is 0.277 e. The molecule has 1 unspecified atom stereocenters. The second kappa shape index (κ2) is 7.90. The van der Waals surface area contributed by atoms with Gasteiger partial charge in [0.1, 0.15) is 17.1 Å². The molecule has 1 fully saturated rings. The number of carbonyl (C=O) groups excluding carboxylic acids is 2. The van der Waals surface area contributed by atoms with Gasteiger partial charge in [-0.25, -0.2) is 4.39 Å². The van der Waals surface area contributed by atoms with E-state index in [2.05, 4.69) is 11.9 Å². The Hall–Kier alpha value is -3.81. The molecule has 30 heavy (non-hydrogen) atoms. The van der Waals surface area contributed by atoms with E-state index in [9.17, 15) is 24.1 Å². The summed E-state index contributed by atoms with van der Waals surface area (Å²) in [5, 5.41) is 14.1. The van der Waals surface area contributed by atoms with Crippen molar-refractivity contribution >= 4 is 29.7 Å². The molecule has 1 heterocycles. The average molecular weight is 409 g/mol. The Balaban J connectivity index is 1.99. The van der Waals surface area contributed by atoms with E-state index in [4.69, 9.17) is 0 Å². The number of carbonyl (C=O) groups is 2. The van der Waals surface area contributed by atoms with Crippen LogP contribution in [-0.4, -0.2) is 34.2 Å². The van der Waals surface area contributed by atoms with Gasteiger partial charge in [-0.1, -0.05) is 36.9 Å². The topological polar surface area (TPSA) is 92.5 Å². The molecule has 0 radical (unpaired) electrons.